The highest BCUT2D eigenvalue weighted by atomic mass is 19.1. The van der Waals surface area contributed by atoms with Crippen molar-refractivity contribution in [1.29, 1.82) is 0 Å². The van der Waals surface area contributed by atoms with E-state index in [9.17, 15) is 9.18 Å². The van der Waals surface area contributed by atoms with Gasteiger partial charge in [-0.05, 0) is 17.2 Å². The summed E-state index contributed by atoms with van der Waals surface area (Å²) in [5.41, 5.74) is 1.48. The number of halogens is 1. The number of hydrogen-bond donors (Lipinski definition) is 0. The van der Waals surface area contributed by atoms with Crippen LogP contribution in [-0.4, -0.2) is 12.6 Å². The van der Waals surface area contributed by atoms with E-state index in [1.807, 2.05) is 30.3 Å². The van der Waals surface area contributed by atoms with E-state index in [1.165, 1.54) is 6.07 Å². The second-order valence-electron chi connectivity index (χ2n) is 4.22. The van der Waals surface area contributed by atoms with Crippen LogP contribution in [0.3, 0.4) is 0 Å². The summed E-state index contributed by atoms with van der Waals surface area (Å²) in [6, 6.07) is 16.0. The van der Waals surface area contributed by atoms with Gasteiger partial charge in [0, 0.05) is 6.42 Å². The minimum absolute atomic E-state index is 0.0263. The van der Waals surface area contributed by atoms with Crippen LogP contribution in [0.15, 0.2) is 54.6 Å². The maximum atomic E-state index is 13.3. The van der Waals surface area contributed by atoms with Crippen LogP contribution in [0.5, 0.6) is 0 Å². The van der Waals surface area contributed by atoms with E-state index in [1.54, 1.807) is 18.2 Å². The summed E-state index contributed by atoms with van der Waals surface area (Å²) in [7, 11) is 0. The van der Waals surface area contributed by atoms with Crippen LogP contribution in [0.2, 0.25) is 0 Å². The molecule has 0 radical (unpaired) electrons. The maximum absolute atomic E-state index is 13.3. The van der Waals surface area contributed by atoms with Gasteiger partial charge in [0.1, 0.15) is 5.82 Å². The van der Waals surface area contributed by atoms with Gasteiger partial charge in [0.25, 0.3) is 0 Å². The Morgan fingerprint density at radius 3 is 2.42 bits per heavy atom. The van der Waals surface area contributed by atoms with E-state index in [2.05, 4.69) is 0 Å². The van der Waals surface area contributed by atoms with Crippen molar-refractivity contribution in [2.75, 3.05) is 6.61 Å². The summed E-state index contributed by atoms with van der Waals surface area (Å²) in [4.78, 5) is 11.6. The molecule has 0 spiro atoms. The standard InChI is InChI=1S/C16H15FO2/c17-15-9-5-4-8-14(15)12-16(18)19-11-10-13-6-2-1-3-7-13/h1-9H,10-12H2. The van der Waals surface area contributed by atoms with Gasteiger partial charge in [-0.1, -0.05) is 48.5 Å². The van der Waals surface area contributed by atoms with Crippen LogP contribution in [0.1, 0.15) is 11.1 Å². The molecule has 0 aliphatic carbocycles. The van der Waals surface area contributed by atoms with E-state index < -0.39 is 5.97 Å². The van der Waals surface area contributed by atoms with Crippen molar-refractivity contribution >= 4 is 5.97 Å². The van der Waals surface area contributed by atoms with E-state index in [0.29, 0.717) is 18.6 Å². The molecule has 2 nitrogen and oxygen atoms in total. The average molecular weight is 258 g/mol. The minimum Gasteiger partial charge on any atom is -0.465 e. The van der Waals surface area contributed by atoms with Crippen molar-refractivity contribution in [3.8, 4) is 0 Å². The highest BCUT2D eigenvalue weighted by Gasteiger charge is 2.08. The second-order valence-corrected chi connectivity index (χ2v) is 4.22. The lowest BCUT2D eigenvalue weighted by Crippen LogP contribution is -2.11. The Bertz CT molecular complexity index is 537. The van der Waals surface area contributed by atoms with Gasteiger partial charge in [0.2, 0.25) is 0 Å². The Kier molecular flexibility index (Phi) is 4.67. The molecule has 0 amide bonds. The lowest BCUT2D eigenvalue weighted by molar-refractivity contribution is -0.142. The molecule has 19 heavy (non-hydrogen) atoms. The van der Waals surface area contributed by atoms with E-state index in [-0.39, 0.29) is 12.2 Å². The van der Waals surface area contributed by atoms with Crippen molar-refractivity contribution in [2.45, 2.75) is 12.8 Å². The molecule has 2 aromatic rings. The van der Waals surface area contributed by atoms with Crippen LogP contribution >= 0.6 is 0 Å². The summed E-state index contributed by atoms with van der Waals surface area (Å²) in [5, 5.41) is 0. The number of ether oxygens (including phenoxy) is 1. The smallest absolute Gasteiger partial charge is 0.310 e. The summed E-state index contributed by atoms with van der Waals surface area (Å²) >= 11 is 0. The molecule has 0 aliphatic heterocycles. The van der Waals surface area contributed by atoms with Crippen molar-refractivity contribution in [3.63, 3.8) is 0 Å². The molecule has 0 aliphatic rings. The zero-order valence-electron chi connectivity index (χ0n) is 10.5. The van der Waals surface area contributed by atoms with Crippen molar-refractivity contribution in [3.05, 3.63) is 71.5 Å². The fraction of sp³-hybridized carbons (Fsp3) is 0.188. The van der Waals surface area contributed by atoms with Gasteiger partial charge in [-0.15, -0.1) is 0 Å². The van der Waals surface area contributed by atoms with Crippen LogP contribution in [0, 0.1) is 5.82 Å². The molecule has 0 saturated heterocycles. The first-order valence-electron chi connectivity index (χ1n) is 6.18. The molecule has 2 rings (SSSR count). The third-order valence-electron chi connectivity index (χ3n) is 2.79. The van der Waals surface area contributed by atoms with Crippen molar-refractivity contribution in [1.82, 2.24) is 0 Å². The van der Waals surface area contributed by atoms with E-state index in [4.69, 9.17) is 4.74 Å². The third-order valence-corrected chi connectivity index (χ3v) is 2.79. The largest absolute Gasteiger partial charge is 0.465 e. The predicted octanol–water partition coefficient (Wildman–Crippen LogP) is 3.15. The van der Waals surface area contributed by atoms with Gasteiger partial charge in [-0.2, -0.15) is 0 Å². The zero-order valence-corrected chi connectivity index (χ0v) is 10.5. The summed E-state index contributed by atoms with van der Waals surface area (Å²) < 4.78 is 18.4. The molecule has 0 aromatic heterocycles. The molecule has 0 N–H and O–H groups in total. The molecule has 0 unspecified atom stereocenters. The number of hydrogen-bond acceptors (Lipinski definition) is 2. The molecule has 0 atom stereocenters. The number of esters is 1. The normalized spacial score (nSPS) is 10.2. The van der Waals surface area contributed by atoms with E-state index >= 15 is 0 Å². The van der Waals surface area contributed by atoms with Crippen LogP contribution in [0.25, 0.3) is 0 Å². The molecule has 3 heteroatoms. The van der Waals surface area contributed by atoms with E-state index in [0.717, 1.165) is 5.56 Å². The molecular weight excluding hydrogens is 243 g/mol. The Hall–Kier alpha value is -2.16. The first-order valence-corrected chi connectivity index (χ1v) is 6.18. The Morgan fingerprint density at radius 2 is 1.68 bits per heavy atom. The molecule has 2 aromatic carbocycles. The van der Waals surface area contributed by atoms with Crippen LogP contribution in [-0.2, 0) is 22.4 Å². The number of carbonyl (C=O) groups excluding carboxylic acids is 1. The fourth-order valence-corrected chi connectivity index (χ4v) is 1.78. The van der Waals surface area contributed by atoms with Gasteiger partial charge >= 0.3 is 5.97 Å². The Labute approximate surface area is 111 Å². The lowest BCUT2D eigenvalue weighted by atomic mass is 10.1. The zero-order chi connectivity index (χ0) is 13.5. The minimum atomic E-state index is -0.402. The highest BCUT2D eigenvalue weighted by molar-refractivity contribution is 5.72. The topological polar surface area (TPSA) is 26.3 Å². The SMILES string of the molecule is O=C(Cc1ccccc1F)OCCc1ccccc1. The number of rotatable bonds is 5. The average Bonchev–Trinajstić information content (AvgIpc) is 2.43. The van der Waals surface area contributed by atoms with Gasteiger partial charge < -0.3 is 4.74 Å². The number of benzene rings is 2. The van der Waals surface area contributed by atoms with Gasteiger partial charge in [0.15, 0.2) is 0 Å². The monoisotopic (exact) mass is 258 g/mol. The fourth-order valence-electron chi connectivity index (χ4n) is 1.78. The van der Waals surface area contributed by atoms with Gasteiger partial charge in [0.05, 0.1) is 13.0 Å². The number of carbonyl (C=O) groups is 1. The quantitative estimate of drug-likeness (QED) is 0.770. The van der Waals surface area contributed by atoms with Crippen LogP contribution < -0.4 is 0 Å². The maximum Gasteiger partial charge on any atom is 0.310 e. The highest BCUT2D eigenvalue weighted by Crippen LogP contribution is 2.08. The summed E-state index contributed by atoms with van der Waals surface area (Å²) in [6.07, 6.45) is 0.644. The Morgan fingerprint density at radius 1 is 1.00 bits per heavy atom. The summed E-state index contributed by atoms with van der Waals surface area (Å²) in [5.74, 6) is -0.774. The molecule has 0 bridgehead atoms. The first kappa shape index (κ1) is 13.3. The Balaban J connectivity index is 1.78. The first-order chi connectivity index (χ1) is 9.25. The predicted molar refractivity (Wildman–Crippen MR) is 71.2 cm³/mol. The van der Waals surface area contributed by atoms with Crippen LogP contribution in [0.4, 0.5) is 4.39 Å². The molecule has 98 valence electrons. The third kappa shape index (κ3) is 4.21. The molecule has 0 fully saturated rings. The van der Waals surface area contributed by atoms with Crippen molar-refractivity contribution in [2.24, 2.45) is 0 Å². The molecule has 0 heterocycles. The molecular formula is C16H15FO2. The second kappa shape index (κ2) is 6.69. The lowest BCUT2D eigenvalue weighted by Gasteiger charge is -2.05. The van der Waals surface area contributed by atoms with Crippen molar-refractivity contribution < 1.29 is 13.9 Å². The molecule has 0 saturated carbocycles. The summed E-state index contributed by atoms with van der Waals surface area (Å²) in [6.45, 7) is 0.317. The van der Waals surface area contributed by atoms with Gasteiger partial charge in [-0.25, -0.2) is 4.39 Å². The van der Waals surface area contributed by atoms with Gasteiger partial charge in [-0.3, -0.25) is 4.79 Å².